The van der Waals surface area contributed by atoms with Gasteiger partial charge in [0.15, 0.2) is 4.80 Å². The maximum atomic E-state index is 12.7. The van der Waals surface area contributed by atoms with Gasteiger partial charge in [-0.3, -0.25) is 4.79 Å². The van der Waals surface area contributed by atoms with Crippen LogP contribution in [0.1, 0.15) is 34.6 Å². The van der Waals surface area contributed by atoms with Crippen molar-refractivity contribution < 1.29 is 22.7 Å². The third-order valence-corrected chi connectivity index (χ3v) is 7.46. The number of carbonyl (C=O) groups is 2. The molecule has 8 nitrogen and oxygen atoms in total. The third kappa shape index (κ3) is 4.60. The minimum atomic E-state index is -3.57. The van der Waals surface area contributed by atoms with E-state index in [9.17, 15) is 18.0 Å². The van der Waals surface area contributed by atoms with E-state index in [-0.39, 0.29) is 10.5 Å². The molecule has 0 N–H and O–H groups in total. The van der Waals surface area contributed by atoms with Crippen LogP contribution in [0.4, 0.5) is 0 Å². The number of fused-ring (bicyclic) bond motifs is 1. The molecule has 0 aliphatic rings. The molecule has 1 amide bonds. The molecule has 0 aliphatic carbocycles. The van der Waals surface area contributed by atoms with Gasteiger partial charge < -0.3 is 9.30 Å². The molecule has 0 aliphatic heterocycles. The van der Waals surface area contributed by atoms with Crippen molar-refractivity contribution in [3.63, 3.8) is 0 Å². The molecule has 31 heavy (non-hydrogen) atoms. The summed E-state index contributed by atoms with van der Waals surface area (Å²) in [4.78, 5) is 29.6. The summed E-state index contributed by atoms with van der Waals surface area (Å²) in [6, 6.07) is 10.9. The quantitative estimate of drug-likeness (QED) is 0.526. The Kier molecular flexibility index (Phi) is 6.73. The third-order valence-electron chi connectivity index (χ3n) is 4.59. The van der Waals surface area contributed by atoms with Crippen molar-refractivity contribution in [3.8, 4) is 0 Å². The minimum absolute atomic E-state index is 0.103. The number of thiazole rings is 1. The smallest absolute Gasteiger partial charge is 0.338 e. The summed E-state index contributed by atoms with van der Waals surface area (Å²) in [5.41, 5.74) is 1.58. The number of esters is 1. The fourth-order valence-corrected chi connectivity index (χ4v) is 4.97. The highest BCUT2D eigenvalue weighted by atomic mass is 32.2. The van der Waals surface area contributed by atoms with Crippen LogP contribution in [0.15, 0.2) is 52.4 Å². The number of rotatable bonds is 6. The second-order valence-corrected chi connectivity index (χ2v) is 9.92. The van der Waals surface area contributed by atoms with Gasteiger partial charge in [0.25, 0.3) is 5.91 Å². The van der Waals surface area contributed by atoms with Crippen molar-refractivity contribution in [1.29, 1.82) is 0 Å². The van der Waals surface area contributed by atoms with Crippen LogP contribution in [0, 0.1) is 0 Å². The van der Waals surface area contributed by atoms with Gasteiger partial charge in [0, 0.05) is 26.2 Å². The van der Waals surface area contributed by atoms with Crippen molar-refractivity contribution in [3.05, 3.63) is 58.4 Å². The molecule has 10 heteroatoms. The number of sulfonamides is 1. The van der Waals surface area contributed by atoms with Crippen LogP contribution in [0.5, 0.6) is 0 Å². The van der Waals surface area contributed by atoms with E-state index >= 15 is 0 Å². The Hall–Kier alpha value is -2.82. The lowest BCUT2D eigenvalue weighted by Gasteiger charge is -2.11. The second kappa shape index (κ2) is 9.13. The standard InChI is InChI=1S/C21H23N3O5S2/c1-5-24-17-12-9-15(20(26)29-6-2)13-18(17)30-21(24)22-19(25)14-7-10-16(11-8-14)31(27,28)23(3)4/h7-13H,5-6H2,1-4H3. The van der Waals surface area contributed by atoms with Crippen molar-refractivity contribution in [2.24, 2.45) is 4.99 Å². The lowest BCUT2D eigenvalue weighted by atomic mass is 10.2. The van der Waals surface area contributed by atoms with Crippen LogP contribution in [0.25, 0.3) is 10.2 Å². The van der Waals surface area contributed by atoms with Gasteiger partial charge in [-0.25, -0.2) is 17.5 Å². The highest BCUT2D eigenvalue weighted by Gasteiger charge is 2.18. The molecule has 164 valence electrons. The first-order chi connectivity index (χ1) is 14.7. The van der Waals surface area contributed by atoms with Crippen LogP contribution in [0.3, 0.4) is 0 Å². The SMILES string of the molecule is CCOC(=O)c1ccc2c(c1)sc(=NC(=O)c1ccc(S(=O)(=O)N(C)C)cc1)n2CC. The average Bonchev–Trinajstić information content (AvgIpc) is 3.09. The Morgan fingerprint density at radius 1 is 1.06 bits per heavy atom. The summed E-state index contributed by atoms with van der Waals surface area (Å²) in [7, 11) is -0.677. The number of aryl methyl sites for hydroxylation is 1. The van der Waals surface area contributed by atoms with E-state index in [1.807, 2.05) is 17.6 Å². The van der Waals surface area contributed by atoms with Crippen LogP contribution in [-0.2, 0) is 21.3 Å². The molecule has 0 saturated heterocycles. The summed E-state index contributed by atoms with van der Waals surface area (Å²) in [5.74, 6) is -0.878. The Labute approximate surface area is 184 Å². The van der Waals surface area contributed by atoms with Gasteiger partial charge in [0.1, 0.15) is 0 Å². The van der Waals surface area contributed by atoms with Crippen molar-refractivity contribution in [1.82, 2.24) is 8.87 Å². The first kappa shape index (κ1) is 22.9. The molecule has 0 bridgehead atoms. The summed E-state index contributed by atoms with van der Waals surface area (Å²) < 4.78 is 33.2. The van der Waals surface area contributed by atoms with Crippen LogP contribution in [0.2, 0.25) is 0 Å². The lowest BCUT2D eigenvalue weighted by molar-refractivity contribution is 0.0526. The molecule has 0 atom stereocenters. The zero-order valence-electron chi connectivity index (χ0n) is 17.7. The van der Waals surface area contributed by atoms with Crippen LogP contribution in [-0.4, -0.2) is 49.9 Å². The molecule has 0 radical (unpaired) electrons. The fourth-order valence-electron chi connectivity index (χ4n) is 2.94. The number of benzene rings is 2. The number of hydrogen-bond acceptors (Lipinski definition) is 6. The predicted molar refractivity (Wildman–Crippen MR) is 119 cm³/mol. The first-order valence-electron chi connectivity index (χ1n) is 9.61. The molecule has 0 saturated carbocycles. The number of aromatic nitrogens is 1. The summed E-state index contributed by atoms with van der Waals surface area (Å²) >= 11 is 1.30. The molecular weight excluding hydrogens is 438 g/mol. The van der Waals surface area contributed by atoms with E-state index in [2.05, 4.69) is 4.99 Å². The van der Waals surface area contributed by atoms with E-state index in [1.54, 1.807) is 19.1 Å². The lowest BCUT2D eigenvalue weighted by Crippen LogP contribution is -2.22. The molecule has 1 aromatic heterocycles. The average molecular weight is 462 g/mol. The molecule has 1 heterocycles. The largest absolute Gasteiger partial charge is 0.462 e. The van der Waals surface area contributed by atoms with Gasteiger partial charge >= 0.3 is 5.97 Å². The molecule has 2 aromatic carbocycles. The summed E-state index contributed by atoms with van der Waals surface area (Å²) in [6.07, 6.45) is 0. The molecule has 0 spiro atoms. The fraction of sp³-hybridized carbons (Fsp3) is 0.286. The van der Waals surface area contributed by atoms with Crippen molar-refractivity contribution in [2.45, 2.75) is 25.3 Å². The van der Waals surface area contributed by atoms with Crippen molar-refractivity contribution >= 4 is 43.5 Å². The number of nitrogens with zero attached hydrogens (tertiary/aromatic N) is 3. The van der Waals surface area contributed by atoms with Crippen LogP contribution >= 0.6 is 11.3 Å². The number of amides is 1. The number of ether oxygens (including phenoxy) is 1. The zero-order valence-corrected chi connectivity index (χ0v) is 19.3. The molecule has 3 aromatic rings. The van der Waals surface area contributed by atoms with E-state index in [0.29, 0.717) is 23.5 Å². The highest BCUT2D eigenvalue weighted by Crippen LogP contribution is 2.20. The molecule has 0 fully saturated rings. The van der Waals surface area contributed by atoms with E-state index in [4.69, 9.17) is 4.74 Å². The highest BCUT2D eigenvalue weighted by molar-refractivity contribution is 7.89. The Morgan fingerprint density at radius 3 is 2.29 bits per heavy atom. The number of carbonyl (C=O) groups excluding carboxylic acids is 2. The first-order valence-corrected chi connectivity index (χ1v) is 11.9. The molecular formula is C21H23N3O5S2. The predicted octanol–water partition coefficient (Wildman–Crippen LogP) is 2.89. The van der Waals surface area contributed by atoms with Gasteiger partial charge in [-0.2, -0.15) is 4.99 Å². The van der Waals surface area contributed by atoms with E-state index in [1.165, 1.54) is 49.7 Å². The van der Waals surface area contributed by atoms with Crippen molar-refractivity contribution in [2.75, 3.05) is 20.7 Å². The Balaban J connectivity index is 1.99. The number of hydrogen-bond donors (Lipinski definition) is 0. The molecule has 3 rings (SSSR count). The van der Waals surface area contributed by atoms with Gasteiger partial charge in [-0.15, -0.1) is 0 Å². The monoisotopic (exact) mass is 461 g/mol. The normalized spacial score (nSPS) is 12.5. The molecule has 0 unspecified atom stereocenters. The topological polar surface area (TPSA) is 98.0 Å². The van der Waals surface area contributed by atoms with Gasteiger partial charge in [0.05, 0.1) is 27.3 Å². The Morgan fingerprint density at radius 2 is 1.71 bits per heavy atom. The van der Waals surface area contributed by atoms with Gasteiger partial charge in [-0.1, -0.05) is 11.3 Å². The summed E-state index contributed by atoms with van der Waals surface area (Å²) in [6.45, 7) is 4.57. The van der Waals surface area contributed by atoms with E-state index in [0.717, 1.165) is 14.5 Å². The van der Waals surface area contributed by atoms with E-state index < -0.39 is 21.9 Å². The van der Waals surface area contributed by atoms with Gasteiger partial charge in [0.2, 0.25) is 10.0 Å². The Bertz CT molecular complexity index is 1300. The van der Waals surface area contributed by atoms with Gasteiger partial charge in [-0.05, 0) is 56.3 Å². The summed E-state index contributed by atoms with van der Waals surface area (Å²) in [5, 5.41) is 0. The minimum Gasteiger partial charge on any atom is -0.462 e. The maximum Gasteiger partial charge on any atom is 0.338 e. The zero-order chi connectivity index (χ0) is 22.8. The second-order valence-electron chi connectivity index (χ2n) is 6.76. The van der Waals surface area contributed by atoms with Crippen LogP contribution < -0.4 is 4.80 Å². The maximum absolute atomic E-state index is 12.7.